The molecule has 2 aromatic heterocycles. The van der Waals surface area contributed by atoms with E-state index in [1.165, 1.54) is 11.9 Å². The lowest BCUT2D eigenvalue weighted by Crippen LogP contribution is -2.46. The van der Waals surface area contributed by atoms with E-state index in [9.17, 15) is 9.59 Å². The lowest BCUT2D eigenvalue weighted by Gasteiger charge is -2.39. The van der Waals surface area contributed by atoms with E-state index in [0.717, 1.165) is 44.6 Å². The highest BCUT2D eigenvalue weighted by atomic mass is 16.2. The van der Waals surface area contributed by atoms with Crippen LogP contribution in [0.1, 0.15) is 31.4 Å². The van der Waals surface area contributed by atoms with Crippen LogP contribution in [0.15, 0.2) is 36.7 Å². The molecule has 1 aromatic carbocycles. The van der Waals surface area contributed by atoms with Gasteiger partial charge in [-0.1, -0.05) is 19.1 Å². The van der Waals surface area contributed by atoms with Crippen LogP contribution in [-0.2, 0) is 9.59 Å². The first-order valence-corrected chi connectivity index (χ1v) is 12.1. The fraction of sp³-hybridized carbons (Fsp3) is 0.440. The first-order chi connectivity index (χ1) is 16.9. The van der Waals surface area contributed by atoms with Crippen molar-refractivity contribution >= 4 is 39.9 Å². The summed E-state index contributed by atoms with van der Waals surface area (Å²) in [5.41, 5.74) is 9.05. The molecule has 2 aliphatic rings. The molecule has 0 radical (unpaired) electrons. The molecule has 184 valence electrons. The maximum atomic E-state index is 13.3. The Kier molecular flexibility index (Phi) is 6.29. The molecule has 0 spiro atoms. The second kappa shape index (κ2) is 9.53. The molecule has 2 fully saturated rings. The van der Waals surface area contributed by atoms with Crippen LogP contribution < -0.4 is 16.0 Å². The van der Waals surface area contributed by atoms with Crippen LogP contribution in [0.2, 0.25) is 0 Å². The predicted octanol–water partition coefficient (Wildman–Crippen LogP) is 2.23. The lowest BCUT2D eigenvalue weighted by atomic mass is 9.89. The monoisotopic (exact) mass is 476 g/mol. The van der Waals surface area contributed by atoms with Crippen molar-refractivity contribution in [3.63, 3.8) is 0 Å². The molecule has 2 atom stereocenters. The molecule has 4 heterocycles. The maximum absolute atomic E-state index is 13.3. The zero-order valence-electron chi connectivity index (χ0n) is 20.2. The van der Waals surface area contributed by atoms with E-state index in [2.05, 4.69) is 68.5 Å². The summed E-state index contributed by atoms with van der Waals surface area (Å²) in [6, 6.07) is 8.34. The standard InChI is InChI=1S/C25H32N8O2/c1-16-3-8-21(17-4-6-18(7-5-17)32-11-9-31(2)10-12-32)33(15-16)25(35)24(34)29-20-14-27-23(26)19-13-28-30-22(19)20/h4-7,13-14,16,21H,3,8-12,15H2,1-2H3,(H2,26,27)(H,28,30)(H,29,34)/t16-,21+/m0/s1. The Bertz CT molecular complexity index is 1220. The number of piperazine rings is 1. The Morgan fingerprint density at radius 2 is 1.83 bits per heavy atom. The fourth-order valence-electron chi connectivity index (χ4n) is 5.05. The highest BCUT2D eigenvalue weighted by molar-refractivity contribution is 6.40. The zero-order chi connectivity index (χ0) is 24.5. The van der Waals surface area contributed by atoms with E-state index in [0.29, 0.717) is 34.9 Å². The number of aromatic nitrogens is 3. The molecule has 2 amide bonds. The number of rotatable bonds is 3. The second-order valence-electron chi connectivity index (χ2n) is 9.71. The van der Waals surface area contributed by atoms with Gasteiger partial charge in [0.05, 0.1) is 35.0 Å². The molecule has 10 nitrogen and oxygen atoms in total. The van der Waals surface area contributed by atoms with Crippen LogP contribution in [0.25, 0.3) is 10.9 Å². The Balaban J connectivity index is 1.33. The lowest BCUT2D eigenvalue weighted by molar-refractivity contribution is -0.146. The summed E-state index contributed by atoms with van der Waals surface area (Å²) in [4.78, 5) is 36.9. The molecule has 2 saturated heterocycles. The number of benzene rings is 1. The number of aromatic amines is 1. The predicted molar refractivity (Wildman–Crippen MR) is 136 cm³/mol. The third kappa shape index (κ3) is 4.66. The summed E-state index contributed by atoms with van der Waals surface area (Å²) in [5, 5.41) is 10.1. The van der Waals surface area contributed by atoms with Crippen LogP contribution in [0.3, 0.4) is 0 Å². The largest absolute Gasteiger partial charge is 0.383 e. The van der Waals surface area contributed by atoms with Crippen molar-refractivity contribution in [3.05, 3.63) is 42.2 Å². The molecule has 10 heteroatoms. The minimum atomic E-state index is -0.694. The van der Waals surface area contributed by atoms with Gasteiger partial charge in [-0.05, 0) is 43.5 Å². The van der Waals surface area contributed by atoms with Gasteiger partial charge in [-0.15, -0.1) is 0 Å². The molecule has 0 saturated carbocycles. The molecule has 0 bridgehead atoms. The van der Waals surface area contributed by atoms with Crippen molar-refractivity contribution in [2.45, 2.75) is 25.8 Å². The third-order valence-electron chi connectivity index (χ3n) is 7.18. The molecule has 3 aromatic rings. The highest BCUT2D eigenvalue weighted by Crippen LogP contribution is 2.34. The molecular formula is C25H32N8O2. The number of nitrogens with one attached hydrogen (secondary N) is 2. The van der Waals surface area contributed by atoms with Gasteiger partial charge in [-0.3, -0.25) is 14.7 Å². The number of amides is 2. The van der Waals surface area contributed by atoms with Crippen molar-refractivity contribution in [1.29, 1.82) is 0 Å². The minimum Gasteiger partial charge on any atom is -0.383 e. The number of likely N-dealkylation sites (N-methyl/N-ethyl adjacent to an activating group) is 1. The number of pyridine rings is 1. The molecule has 5 rings (SSSR count). The number of H-pyrrole nitrogens is 1. The molecule has 0 aliphatic carbocycles. The van der Waals surface area contributed by atoms with E-state index in [1.807, 2.05) is 0 Å². The summed E-state index contributed by atoms with van der Waals surface area (Å²) in [6.45, 7) is 6.76. The number of hydrogen-bond donors (Lipinski definition) is 3. The Hall–Kier alpha value is -3.66. The van der Waals surface area contributed by atoms with Gasteiger partial charge in [0.2, 0.25) is 0 Å². The van der Waals surface area contributed by atoms with Gasteiger partial charge in [0.15, 0.2) is 0 Å². The van der Waals surface area contributed by atoms with Crippen LogP contribution in [0.5, 0.6) is 0 Å². The molecule has 35 heavy (non-hydrogen) atoms. The molecule has 4 N–H and O–H groups in total. The number of likely N-dealkylation sites (tertiary alicyclic amines) is 1. The second-order valence-corrected chi connectivity index (χ2v) is 9.71. The number of carbonyl (C=O) groups is 2. The number of carbonyl (C=O) groups excluding carboxylic acids is 2. The molecule has 2 aliphatic heterocycles. The number of nitrogens with two attached hydrogens (primary N) is 1. The topological polar surface area (TPSA) is 123 Å². The van der Waals surface area contributed by atoms with Gasteiger partial charge in [0.1, 0.15) is 5.82 Å². The number of anilines is 3. The average Bonchev–Trinajstić information content (AvgIpc) is 3.37. The smallest absolute Gasteiger partial charge is 0.314 e. The number of piperidine rings is 1. The Labute approximate surface area is 204 Å². The summed E-state index contributed by atoms with van der Waals surface area (Å²) < 4.78 is 0. The van der Waals surface area contributed by atoms with Crippen molar-refractivity contribution in [2.75, 3.05) is 55.7 Å². The van der Waals surface area contributed by atoms with Gasteiger partial charge in [0.25, 0.3) is 0 Å². The van der Waals surface area contributed by atoms with Crippen LogP contribution in [0, 0.1) is 5.92 Å². The van der Waals surface area contributed by atoms with Crippen LogP contribution in [-0.4, -0.2) is 76.6 Å². The van der Waals surface area contributed by atoms with Gasteiger partial charge in [-0.25, -0.2) is 4.98 Å². The molecular weight excluding hydrogens is 444 g/mol. The van der Waals surface area contributed by atoms with Gasteiger partial charge in [-0.2, -0.15) is 5.10 Å². The van der Waals surface area contributed by atoms with Crippen LogP contribution >= 0.6 is 0 Å². The SMILES string of the molecule is C[C@H]1CC[C@H](c2ccc(N3CCN(C)CC3)cc2)N(C(=O)C(=O)Nc2cnc(N)c3cn[nH]c23)C1. The third-order valence-corrected chi connectivity index (χ3v) is 7.18. The summed E-state index contributed by atoms with van der Waals surface area (Å²) in [6.07, 6.45) is 4.81. The van der Waals surface area contributed by atoms with E-state index in [1.54, 1.807) is 11.1 Å². The summed E-state index contributed by atoms with van der Waals surface area (Å²) in [7, 11) is 2.15. The van der Waals surface area contributed by atoms with E-state index >= 15 is 0 Å². The van der Waals surface area contributed by atoms with Crippen molar-refractivity contribution in [2.24, 2.45) is 5.92 Å². The summed E-state index contributed by atoms with van der Waals surface area (Å²) >= 11 is 0. The van der Waals surface area contributed by atoms with Gasteiger partial charge >= 0.3 is 11.8 Å². The highest BCUT2D eigenvalue weighted by Gasteiger charge is 2.34. The van der Waals surface area contributed by atoms with Crippen LogP contribution in [0.4, 0.5) is 17.2 Å². The Morgan fingerprint density at radius 1 is 1.09 bits per heavy atom. The van der Waals surface area contributed by atoms with E-state index < -0.39 is 11.8 Å². The van der Waals surface area contributed by atoms with Crippen molar-refractivity contribution in [1.82, 2.24) is 25.0 Å². The first kappa shape index (κ1) is 23.1. The van der Waals surface area contributed by atoms with Crippen molar-refractivity contribution < 1.29 is 9.59 Å². The summed E-state index contributed by atoms with van der Waals surface area (Å²) in [5.74, 6) is -0.608. The van der Waals surface area contributed by atoms with E-state index in [-0.39, 0.29) is 6.04 Å². The number of nitrogen functional groups attached to an aromatic ring is 1. The van der Waals surface area contributed by atoms with E-state index in [4.69, 9.17) is 5.73 Å². The van der Waals surface area contributed by atoms with Gasteiger partial charge in [0, 0.05) is 38.4 Å². The number of nitrogens with zero attached hydrogens (tertiary/aromatic N) is 5. The first-order valence-electron chi connectivity index (χ1n) is 12.1. The van der Waals surface area contributed by atoms with Crippen molar-refractivity contribution in [3.8, 4) is 0 Å². The Morgan fingerprint density at radius 3 is 2.57 bits per heavy atom. The quantitative estimate of drug-likeness (QED) is 0.495. The number of fused-ring (bicyclic) bond motifs is 1. The van der Waals surface area contributed by atoms with Gasteiger partial charge < -0.3 is 25.8 Å². The fourth-order valence-corrected chi connectivity index (χ4v) is 5.05. The zero-order valence-corrected chi connectivity index (χ0v) is 20.2. The normalized spacial score (nSPS) is 21.3. The average molecular weight is 477 g/mol. The minimum absolute atomic E-state index is 0.136. The maximum Gasteiger partial charge on any atom is 0.314 e. The number of hydrogen-bond acceptors (Lipinski definition) is 7. The molecule has 0 unspecified atom stereocenters.